The van der Waals surface area contributed by atoms with Crippen LogP contribution in [0.1, 0.15) is 35.7 Å². The van der Waals surface area contributed by atoms with Crippen LogP contribution in [0.3, 0.4) is 0 Å². The second-order valence-electron chi connectivity index (χ2n) is 7.29. The van der Waals surface area contributed by atoms with Crippen molar-refractivity contribution in [2.24, 2.45) is 10.9 Å². The summed E-state index contributed by atoms with van der Waals surface area (Å²) < 4.78 is 5.69. The van der Waals surface area contributed by atoms with Gasteiger partial charge in [0.2, 0.25) is 5.88 Å². The fourth-order valence-corrected chi connectivity index (χ4v) is 3.55. The molecular formula is C21H25N5O3. The summed E-state index contributed by atoms with van der Waals surface area (Å²) in [5.74, 6) is 1.45. The van der Waals surface area contributed by atoms with Crippen LogP contribution < -0.4 is 16.0 Å². The zero-order valence-corrected chi connectivity index (χ0v) is 16.4. The van der Waals surface area contributed by atoms with E-state index in [2.05, 4.69) is 15.5 Å². The molecule has 0 radical (unpaired) electrons. The van der Waals surface area contributed by atoms with Gasteiger partial charge in [-0.15, -0.1) is 0 Å². The third kappa shape index (κ3) is 4.48. The van der Waals surface area contributed by atoms with Gasteiger partial charge in [-0.1, -0.05) is 30.3 Å². The topological polar surface area (TPSA) is 102 Å². The number of carbonyl (C=O) groups excluding carboxylic acids is 1. The first-order chi connectivity index (χ1) is 14.1. The number of pyridine rings is 1. The van der Waals surface area contributed by atoms with Crippen molar-refractivity contribution in [3.8, 4) is 5.88 Å². The van der Waals surface area contributed by atoms with E-state index in [9.17, 15) is 4.79 Å². The molecule has 8 heteroatoms. The summed E-state index contributed by atoms with van der Waals surface area (Å²) in [5, 5.41) is 0. The van der Waals surface area contributed by atoms with Gasteiger partial charge in [-0.3, -0.25) is 10.3 Å². The number of hydroxylamine groups is 1. The Kier molecular flexibility index (Phi) is 5.62. The lowest BCUT2D eigenvalue weighted by atomic mass is 9.95. The van der Waals surface area contributed by atoms with Crippen molar-refractivity contribution in [3.63, 3.8) is 0 Å². The van der Waals surface area contributed by atoms with E-state index in [0.717, 1.165) is 24.2 Å². The molecule has 0 saturated carbocycles. The molecule has 0 aliphatic carbocycles. The number of likely N-dealkylation sites (tertiary alicyclic amines) is 1. The Hall–Kier alpha value is -3.13. The van der Waals surface area contributed by atoms with Crippen LogP contribution in [0.5, 0.6) is 5.88 Å². The van der Waals surface area contributed by atoms with Gasteiger partial charge in [-0.05, 0) is 31.4 Å². The molecule has 1 atom stereocenters. The molecule has 0 spiro atoms. The minimum Gasteiger partial charge on any atom is -0.471 e. The molecule has 1 fully saturated rings. The van der Waals surface area contributed by atoms with Gasteiger partial charge in [0.1, 0.15) is 12.4 Å². The largest absolute Gasteiger partial charge is 0.471 e. The van der Waals surface area contributed by atoms with Crippen LogP contribution in [0, 0.1) is 5.92 Å². The van der Waals surface area contributed by atoms with E-state index in [1.165, 1.54) is 6.20 Å². The van der Waals surface area contributed by atoms with Crippen LogP contribution in [0.15, 0.2) is 47.6 Å². The number of nitrogens with one attached hydrogen (secondary N) is 1. The summed E-state index contributed by atoms with van der Waals surface area (Å²) in [6.07, 6.45) is 3.06. The predicted octanol–water partition coefficient (Wildman–Crippen LogP) is 2.37. The number of nitrogens with two attached hydrogens (primary N) is 1. The molecule has 29 heavy (non-hydrogen) atoms. The Bertz CT molecular complexity index is 894. The SMILES string of the molecule is CC1N=C(C2CCN(C(=O)c3cnc(OCc4ccccc4)c(N)c3)CC2)NO1. The van der Waals surface area contributed by atoms with E-state index >= 15 is 0 Å². The minimum atomic E-state index is -0.152. The second-order valence-corrected chi connectivity index (χ2v) is 7.29. The summed E-state index contributed by atoms with van der Waals surface area (Å²) >= 11 is 0. The number of carbonyl (C=O) groups is 1. The number of aromatic nitrogens is 1. The standard InChI is InChI=1S/C21H25N5O3/c1-14-24-19(25-29-14)16-7-9-26(10-8-16)21(27)17-11-18(22)20(23-12-17)28-13-15-5-3-2-4-6-15/h2-6,11-12,14,16H,7-10,13,22H2,1H3,(H,24,25). The average molecular weight is 395 g/mol. The number of benzene rings is 1. The summed E-state index contributed by atoms with van der Waals surface area (Å²) in [5.41, 5.74) is 10.8. The van der Waals surface area contributed by atoms with Gasteiger partial charge in [-0.2, -0.15) is 0 Å². The summed E-state index contributed by atoms with van der Waals surface area (Å²) in [4.78, 5) is 28.6. The molecule has 1 aromatic carbocycles. The number of anilines is 1. The number of aliphatic imine (C=N–C) groups is 1. The van der Waals surface area contributed by atoms with E-state index in [0.29, 0.717) is 42.7 Å². The van der Waals surface area contributed by atoms with Crippen LogP contribution in [-0.4, -0.2) is 40.9 Å². The normalized spacial score (nSPS) is 19.6. The number of nitrogen functional groups attached to an aromatic ring is 1. The quantitative estimate of drug-likeness (QED) is 0.806. The molecule has 2 aliphatic heterocycles. The van der Waals surface area contributed by atoms with Gasteiger partial charge in [0, 0.05) is 25.2 Å². The molecule has 1 unspecified atom stereocenters. The third-order valence-corrected chi connectivity index (χ3v) is 5.17. The second kappa shape index (κ2) is 8.48. The van der Waals surface area contributed by atoms with Gasteiger partial charge >= 0.3 is 0 Å². The number of rotatable bonds is 5. The van der Waals surface area contributed by atoms with E-state index in [1.807, 2.05) is 42.2 Å². The van der Waals surface area contributed by atoms with Crippen molar-refractivity contribution in [2.45, 2.75) is 32.6 Å². The highest BCUT2D eigenvalue weighted by atomic mass is 16.7. The molecular weight excluding hydrogens is 370 g/mol. The Morgan fingerprint density at radius 2 is 2.07 bits per heavy atom. The minimum absolute atomic E-state index is 0.0665. The van der Waals surface area contributed by atoms with E-state index in [1.54, 1.807) is 6.07 Å². The maximum atomic E-state index is 12.8. The van der Waals surface area contributed by atoms with Crippen molar-refractivity contribution < 1.29 is 14.4 Å². The Labute approximate surface area is 169 Å². The van der Waals surface area contributed by atoms with Crippen molar-refractivity contribution in [2.75, 3.05) is 18.8 Å². The van der Waals surface area contributed by atoms with Crippen LogP contribution in [0.2, 0.25) is 0 Å². The molecule has 1 aromatic heterocycles. The zero-order chi connectivity index (χ0) is 20.2. The molecule has 2 aliphatic rings. The van der Waals surface area contributed by atoms with Gasteiger partial charge < -0.3 is 15.4 Å². The molecule has 3 heterocycles. The monoisotopic (exact) mass is 395 g/mol. The number of ether oxygens (including phenoxy) is 1. The highest BCUT2D eigenvalue weighted by Gasteiger charge is 2.29. The molecule has 2 aromatic rings. The summed E-state index contributed by atoms with van der Waals surface area (Å²) in [6.45, 7) is 3.58. The maximum Gasteiger partial charge on any atom is 0.255 e. The van der Waals surface area contributed by atoms with Gasteiger partial charge in [0.25, 0.3) is 5.91 Å². The number of piperidine rings is 1. The molecule has 3 N–H and O–H groups in total. The smallest absolute Gasteiger partial charge is 0.255 e. The molecule has 1 amide bonds. The lowest BCUT2D eigenvalue weighted by molar-refractivity contribution is 0.0477. The fourth-order valence-electron chi connectivity index (χ4n) is 3.55. The van der Waals surface area contributed by atoms with Gasteiger partial charge in [-0.25, -0.2) is 14.8 Å². The van der Waals surface area contributed by atoms with Gasteiger partial charge in [0.05, 0.1) is 11.3 Å². The number of amidine groups is 1. The first-order valence-electron chi connectivity index (χ1n) is 9.81. The van der Waals surface area contributed by atoms with Crippen molar-refractivity contribution in [3.05, 3.63) is 53.7 Å². The molecule has 8 nitrogen and oxygen atoms in total. The Balaban J connectivity index is 1.34. The number of hydrogen-bond donors (Lipinski definition) is 2. The highest BCUT2D eigenvalue weighted by Crippen LogP contribution is 2.24. The molecule has 0 bridgehead atoms. The van der Waals surface area contributed by atoms with Crippen LogP contribution in [0.25, 0.3) is 0 Å². The number of amides is 1. The van der Waals surface area contributed by atoms with E-state index in [-0.39, 0.29) is 12.1 Å². The van der Waals surface area contributed by atoms with E-state index < -0.39 is 0 Å². The maximum absolute atomic E-state index is 12.8. The van der Waals surface area contributed by atoms with Crippen molar-refractivity contribution in [1.29, 1.82) is 0 Å². The highest BCUT2D eigenvalue weighted by molar-refractivity contribution is 5.95. The van der Waals surface area contributed by atoms with Crippen molar-refractivity contribution >= 4 is 17.4 Å². The average Bonchev–Trinajstić information content (AvgIpc) is 3.19. The molecule has 4 rings (SSSR count). The van der Waals surface area contributed by atoms with Crippen LogP contribution >= 0.6 is 0 Å². The fraction of sp³-hybridized carbons (Fsp3) is 0.381. The number of hydrogen-bond acceptors (Lipinski definition) is 7. The third-order valence-electron chi connectivity index (χ3n) is 5.17. The number of nitrogens with zero attached hydrogens (tertiary/aromatic N) is 3. The first-order valence-corrected chi connectivity index (χ1v) is 9.81. The van der Waals surface area contributed by atoms with Gasteiger partial charge in [0.15, 0.2) is 6.23 Å². The lowest BCUT2D eigenvalue weighted by Crippen LogP contribution is -2.42. The Morgan fingerprint density at radius 1 is 1.31 bits per heavy atom. The van der Waals surface area contributed by atoms with Crippen LogP contribution in [0.4, 0.5) is 5.69 Å². The zero-order valence-electron chi connectivity index (χ0n) is 16.4. The molecule has 152 valence electrons. The predicted molar refractivity (Wildman–Crippen MR) is 109 cm³/mol. The van der Waals surface area contributed by atoms with E-state index in [4.69, 9.17) is 15.3 Å². The molecule has 1 saturated heterocycles. The summed E-state index contributed by atoms with van der Waals surface area (Å²) in [6, 6.07) is 11.4. The lowest BCUT2D eigenvalue weighted by Gasteiger charge is -2.31. The first kappa shape index (κ1) is 19.2. The van der Waals surface area contributed by atoms with Crippen LogP contribution in [-0.2, 0) is 11.4 Å². The Morgan fingerprint density at radius 3 is 2.72 bits per heavy atom. The summed E-state index contributed by atoms with van der Waals surface area (Å²) in [7, 11) is 0. The van der Waals surface area contributed by atoms with Crippen molar-refractivity contribution in [1.82, 2.24) is 15.4 Å².